The van der Waals surface area contributed by atoms with E-state index in [0.29, 0.717) is 35.7 Å². The average molecular weight is 426 g/mol. The van der Waals surface area contributed by atoms with Gasteiger partial charge in [-0.3, -0.25) is 4.79 Å². The molecule has 4 heterocycles. The summed E-state index contributed by atoms with van der Waals surface area (Å²) in [6, 6.07) is 5.06. The molecule has 5 rings (SSSR count). The van der Waals surface area contributed by atoms with Gasteiger partial charge in [-0.1, -0.05) is 0 Å². The van der Waals surface area contributed by atoms with Crippen LogP contribution in [0, 0.1) is 11.6 Å². The van der Waals surface area contributed by atoms with Gasteiger partial charge in [-0.25, -0.2) is 18.3 Å². The fourth-order valence-corrected chi connectivity index (χ4v) is 4.59. The SMILES string of the molecule is CC1(C(=O)Nc2cnn3ccc(N4CCCC4c4cc(F)ccc4F)nc23)CCCN1. The zero-order valence-electron chi connectivity index (χ0n) is 17.2. The molecule has 2 saturated heterocycles. The highest BCUT2D eigenvalue weighted by Gasteiger charge is 2.36. The molecule has 2 aromatic heterocycles. The van der Waals surface area contributed by atoms with Gasteiger partial charge in [-0.05, 0) is 63.4 Å². The van der Waals surface area contributed by atoms with Crippen LogP contribution < -0.4 is 15.5 Å². The highest BCUT2D eigenvalue weighted by molar-refractivity contribution is 6.00. The number of nitrogens with one attached hydrogen (secondary N) is 2. The minimum atomic E-state index is -0.610. The summed E-state index contributed by atoms with van der Waals surface area (Å²) in [4.78, 5) is 19.5. The lowest BCUT2D eigenvalue weighted by Crippen LogP contribution is -2.47. The molecule has 0 spiro atoms. The molecule has 2 unspecified atom stereocenters. The van der Waals surface area contributed by atoms with E-state index in [4.69, 9.17) is 4.98 Å². The summed E-state index contributed by atoms with van der Waals surface area (Å²) in [5.74, 6) is -0.358. The van der Waals surface area contributed by atoms with Crippen LogP contribution in [-0.4, -0.2) is 39.1 Å². The third-order valence-electron chi connectivity index (χ3n) is 6.34. The summed E-state index contributed by atoms with van der Waals surface area (Å²) in [7, 11) is 0. The normalized spacial score (nSPS) is 23.6. The molecule has 2 atom stereocenters. The average Bonchev–Trinajstić information content (AvgIpc) is 3.50. The predicted molar refractivity (Wildman–Crippen MR) is 113 cm³/mol. The highest BCUT2D eigenvalue weighted by Crippen LogP contribution is 2.37. The molecular formula is C22H24F2N6O. The van der Waals surface area contributed by atoms with Gasteiger partial charge in [0.1, 0.15) is 23.1 Å². The van der Waals surface area contributed by atoms with Gasteiger partial charge in [0.15, 0.2) is 5.65 Å². The summed E-state index contributed by atoms with van der Waals surface area (Å²) >= 11 is 0. The molecule has 162 valence electrons. The first kappa shape index (κ1) is 19.9. The third-order valence-corrected chi connectivity index (χ3v) is 6.34. The Morgan fingerprint density at radius 3 is 2.97 bits per heavy atom. The molecule has 0 aliphatic carbocycles. The van der Waals surface area contributed by atoms with E-state index in [1.54, 1.807) is 23.0 Å². The molecule has 7 nitrogen and oxygen atoms in total. The van der Waals surface area contributed by atoms with Gasteiger partial charge < -0.3 is 15.5 Å². The fraction of sp³-hybridized carbons (Fsp3) is 0.409. The van der Waals surface area contributed by atoms with Gasteiger partial charge in [0.25, 0.3) is 0 Å². The second-order valence-electron chi connectivity index (χ2n) is 8.45. The Balaban J connectivity index is 1.46. The number of benzene rings is 1. The number of halogens is 2. The van der Waals surface area contributed by atoms with Crippen LogP contribution in [0.1, 0.15) is 44.2 Å². The van der Waals surface area contributed by atoms with Crippen LogP contribution in [0.5, 0.6) is 0 Å². The van der Waals surface area contributed by atoms with E-state index >= 15 is 0 Å². The number of fused-ring (bicyclic) bond motifs is 1. The van der Waals surface area contributed by atoms with Gasteiger partial charge >= 0.3 is 0 Å². The number of hydrogen-bond acceptors (Lipinski definition) is 5. The summed E-state index contributed by atoms with van der Waals surface area (Å²) in [6.07, 6.45) is 6.62. The molecule has 0 saturated carbocycles. The number of carbonyl (C=O) groups is 1. The van der Waals surface area contributed by atoms with Crippen molar-refractivity contribution in [3.63, 3.8) is 0 Å². The summed E-state index contributed by atoms with van der Waals surface area (Å²) < 4.78 is 29.8. The molecule has 2 aliphatic heterocycles. The van der Waals surface area contributed by atoms with Crippen molar-refractivity contribution in [3.8, 4) is 0 Å². The maximum Gasteiger partial charge on any atom is 0.244 e. The van der Waals surface area contributed by atoms with Crippen molar-refractivity contribution in [3.05, 3.63) is 53.9 Å². The number of amides is 1. The third kappa shape index (κ3) is 3.52. The van der Waals surface area contributed by atoms with Crippen LogP contribution in [0.4, 0.5) is 20.3 Å². The maximum absolute atomic E-state index is 14.4. The van der Waals surface area contributed by atoms with Crippen LogP contribution in [0.25, 0.3) is 5.65 Å². The lowest BCUT2D eigenvalue weighted by Gasteiger charge is -2.26. The van der Waals surface area contributed by atoms with E-state index in [9.17, 15) is 13.6 Å². The Labute approximate surface area is 178 Å². The summed E-state index contributed by atoms with van der Waals surface area (Å²) in [6.45, 7) is 3.39. The van der Waals surface area contributed by atoms with Gasteiger partial charge in [-0.15, -0.1) is 0 Å². The smallest absolute Gasteiger partial charge is 0.244 e. The number of rotatable bonds is 4. The van der Waals surface area contributed by atoms with Crippen LogP contribution in [0.2, 0.25) is 0 Å². The Hall–Kier alpha value is -3.07. The monoisotopic (exact) mass is 426 g/mol. The number of anilines is 2. The first-order chi connectivity index (χ1) is 14.9. The standard InChI is InChI=1S/C22H24F2N6O/c1-22(8-3-9-25-22)21(31)27-17-13-26-30-11-7-19(28-20(17)30)29-10-2-4-18(29)15-12-14(23)5-6-16(15)24/h5-7,11-13,18,25H,2-4,8-10H2,1H3,(H,27,31). The zero-order valence-corrected chi connectivity index (χ0v) is 17.2. The molecule has 2 N–H and O–H groups in total. The molecule has 1 amide bonds. The second kappa shape index (κ2) is 7.56. The Morgan fingerprint density at radius 1 is 1.29 bits per heavy atom. The second-order valence-corrected chi connectivity index (χ2v) is 8.45. The van der Waals surface area contributed by atoms with Crippen molar-refractivity contribution in [2.45, 2.75) is 44.2 Å². The van der Waals surface area contributed by atoms with E-state index in [0.717, 1.165) is 31.9 Å². The molecule has 2 aliphatic rings. The van der Waals surface area contributed by atoms with Crippen molar-refractivity contribution in [1.82, 2.24) is 19.9 Å². The van der Waals surface area contributed by atoms with Crippen molar-refractivity contribution in [1.29, 1.82) is 0 Å². The largest absolute Gasteiger partial charge is 0.349 e. The van der Waals surface area contributed by atoms with Crippen LogP contribution in [0.3, 0.4) is 0 Å². The van der Waals surface area contributed by atoms with E-state index in [1.165, 1.54) is 12.1 Å². The Kier molecular flexibility index (Phi) is 4.85. The lowest BCUT2D eigenvalue weighted by molar-refractivity contribution is -0.121. The van der Waals surface area contributed by atoms with Gasteiger partial charge in [0.05, 0.1) is 17.8 Å². The maximum atomic E-state index is 14.4. The van der Waals surface area contributed by atoms with E-state index in [2.05, 4.69) is 15.7 Å². The molecular weight excluding hydrogens is 402 g/mol. The minimum Gasteiger partial charge on any atom is -0.349 e. The zero-order chi connectivity index (χ0) is 21.6. The van der Waals surface area contributed by atoms with Crippen molar-refractivity contribution in [2.24, 2.45) is 0 Å². The van der Waals surface area contributed by atoms with Gasteiger partial charge in [0.2, 0.25) is 5.91 Å². The quantitative estimate of drug-likeness (QED) is 0.669. The van der Waals surface area contributed by atoms with Gasteiger partial charge in [0, 0.05) is 18.3 Å². The van der Waals surface area contributed by atoms with Crippen LogP contribution in [0.15, 0.2) is 36.7 Å². The fourth-order valence-electron chi connectivity index (χ4n) is 4.59. The summed E-state index contributed by atoms with van der Waals surface area (Å²) in [5.41, 5.74) is 0.759. The number of nitrogens with zero attached hydrogens (tertiary/aromatic N) is 4. The van der Waals surface area contributed by atoms with E-state index < -0.39 is 17.2 Å². The molecule has 3 aromatic rings. The molecule has 31 heavy (non-hydrogen) atoms. The molecule has 0 radical (unpaired) electrons. The number of aromatic nitrogens is 3. The van der Waals surface area contributed by atoms with Crippen molar-refractivity contribution >= 4 is 23.1 Å². The molecule has 9 heteroatoms. The molecule has 2 fully saturated rings. The molecule has 0 bridgehead atoms. The van der Waals surface area contributed by atoms with Crippen LogP contribution in [-0.2, 0) is 4.79 Å². The lowest BCUT2D eigenvalue weighted by atomic mass is 9.99. The van der Waals surface area contributed by atoms with Gasteiger partial charge in [-0.2, -0.15) is 5.10 Å². The molecule has 1 aromatic carbocycles. The van der Waals surface area contributed by atoms with Crippen molar-refractivity contribution in [2.75, 3.05) is 23.3 Å². The van der Waals surface area contributed by atoms with Crippen LogP contribution >= 0.6 is 0 Å². The number of hydrogen-bond donors (Lipinski definition) is 2. The minimum absolute atomic E-state index is 0.118. The topological polar surface area (TPSA) is 74.6 Å². The first-order valence-corrected chi connectivity index (χ1v) is 10.6. The van der Waals surface area contributed by atoms with E-state index in [-0.39, 0.29) is 11.9 Å². The Bertz CT molecular complexity index is 1140. The van der Waals surface area contributed by atoms with Crippen molar-refractivity contribution < 1.29 is 13.6 Å². The summed E-state index contributed by atoms with van der Waals surface area (Å²) in [5, 5.41) is 10.5. The van der Waals surface area contributed by atoms with E-state index in [1.807, 2.05) is 11.8 Å². The predicted octanol–water partition coefficient (Wildman–Crippen LogP) is 3.43. The first-order valence-electron chi connectivity index (χ1n) is 10.6. The highest BCUT2D eigenvalue weighted by atomic mass is 19.1. The number of carbonyl (C=O) groups excluding carboxylic acids is 1. The Morgan fingerprint density at radius 2 is 2.16 bits per heavy atom.